The van der Waals surface area contributed by atoms with Crippen molar-refractivity contribution in [3.05, 3.63) is 67.4 Å². The van der Waals surface area contributed by atoms with Crippen LogP contribution < -0.4 is 16.4 Å². The number of carbonyl (C=O) groups excluding carboxylic acids is 2. The van der Waals surface area contributed by atoms with Crippen LogP contribution in [0.25, 0.3) is 17.7 Å². The number of aromatic nitrogens is 2. The number of rotatable bonds is 2. The number of H-pyrrole nitrogens is 2. The SMILES string of the molecule is O=C([O-])C1=Cc2ccccc2/C(=C\c2c(O)[nH]c(=O)[nH]c2=O)C1=O. The number of aliphatic carboxylic acids is 1. The van der Waals surface area contributed by atoms with Crippen LogP contribution in [0.2, 0.25) is 0 Å². The van der Waals surface area contributed by atoms with Gasteiger partial charge in [-0.1, -0.05) is 24.3 Å². The molecule has 8 nitrogen and oxygen atoms in total. The van der Waals surface area contributed by atoms with Crippen LogP contribution in [0, 0.1) is 0 Å². The molecule has 8 heteroatoms. The van der Waals surface area contributed by atoms with Crippen molar-refractivity contribution >= 4 is 29.5 Å². The number of allylic oxidation sites excluding steroid dienone is 1. The zero-order valence-electron chi connectivity index (χ0n) is 12.0. The highest BCUT2D eigenvalue weighted by Gasteiger charge is 2.25. The molecule has 0 saturated heterocycles. The number of benzene rings is 1. The summed E-state index contributed by atoms with van der Waals surface area (Å²) in [5, 5.41) is 20.9. The molecule has 0 saturated carbocycles. The van der Waals surface area contributed by atoms with E-state index in [1.165, 1.54) is 6.08 Å². The molecule has 0 bridgehead atoms. The molecule has 3 rings (SSSR count). The lowest BCUT2D eigenvalue weighted by atomic mass is 9.86. The Kier molecular flexibility index (Phi) is 3.49. The van der Waals surface area contributed by atoms with Crippen LogP contribution in [0.15, 0.2) is 39.4 Å². The number of hydrogen-bond donors (Lipinski definition) is 3. The van der Waals surface area contributed by atoms with Crippen molar-refractivity contribution in [3.63, 3.8) is 0 Å². The van der Waals surface area contributed by atoms with Crippen LogP contribution in [0.4, 0.5) is 0 Å². The number of carboxylic acid groups (broad SMARTS) is 1. The van der Waals surface area contributed by atoms with Gasteiger partial charge < -0.3 is 15.0 Å². The molecular weight excluding hydrogens is 316 g/mol. The van der Waals surface area contributed by atoms with Crippen LogP contribution in [-0.4, -0.2) is 26.8 Å². The summed E-state index contributed by atoms with van der Waals surface area (Å²) in [5.41, 5.74) is -2.04. The Labute approximate surface area is 133 Å². The number of carbonyl (C=O) groups is 2. The third-order valence-electron chi connectivity index (χ3n) is 3.51. The number of hydrogen-bond acceptors (Lipinski definition) is 6. The minimum absolute atomic E-state index is 0.111. The van der Waals surface area contributed by atoms with Gasteiger partial charge in [0.2, 0.25) is 5.88 Å². The van der Waals surface area contributed by atoms with Gasteiger partial charge in [0, 0.05) is 11.1 Å². The number of fused-ring (bicyclic) bond motifs is 1. The minimum atomic E-state index is -1.65. The first-order valence-electron chi connectivity index (χ1n) is 6.73. The molecule has 2 aromatic rings. The van der Waals surface area contributed by atoms with Crippen LogP contribution in [-0.2, 0) is 9.59 Å². The first-order valence-corrected chi connectivity index (χ1v) is 6.73. The molecule has 120 valence electrons. The summed E-state index contributed by atoms with van der Waals surface area (Å²) in [5.74, 6) is -3.25. The number of aromatic hydroxyl groups is 1. The van der Waals surface area contributed by atoms with Gasteiger partial charge in [0.05, 0.1) is 5.97 Å². The maximum atomic E-state index is 12.4. The predicted octanol–water partition coefficient (Wildman–Crippen LogP) is -0.975. The predicted molar refractivity (Wildman–Crippen MR) is 81.7 cm³/mol. The number of ketones is 1. The second-order valence-electron chi connectivity index (χ2n) is 4.99. The van der Waals surface area contributed by atoms with Crippen molar-refractivity contribution in [2.24, 2.45) is 0 Å². The third-order valence-corrected chi connectivity index (χ3v) is 3.51. The highest BCUT2D eigenvalue weighted by molar-refractivity contribution is 6.42. The second-order valence-corrected chi connectivity index (χ2v) is 4.99. The van der Waals surface area contributed by atoms with E-state index in [1.807, 2.05) is 9.97 Å². The van der Waals surface area contributed by atoms with Gasteiger partial charge in [-0.2, -0.15) is 0 Å². The number of Topliss-reactive ketones (excluding diaryl/α,β-unsaturated/α-hetero) is 1. The lowest BCUT2D eigenvalue weighted by molar-refractivity contribution is -0.298. The monoisotopic (exact) mass is 325 g/mol. The summed E-state index contributed by atoms with van der Waals surface area (Å²) in [4.78, 5) is 50.4. The zero-order chi connectivity index (χ0) is 17.4. The first kappa shape index (κ1) is 15.2. The molecule has 1 aliphatic rings. The maximum Gasteiger partial charge on any atom is 0.328 e. The molecule has 0 unspecified atom stereocenters. The Hall–Kier alpha value is -3.68. The van der Waals surface area contributed by atoms with E-state index in [2.05, 4.69) is 0 Å². The lowest BCUT2D eigenvalue weighted by Crippen LogP contribution is -2.30. The largest absolute Gasteiger partial charge is 0.545 e. The zero-order valence-corrected chi connectivity index (χ0v) is 12.0. The highest BCUT2D eigenvalue weighted by Crippen LogP contribution is 2.31. The average molecular weight is 325 g/mol. The molecule has 0 fully saturated rings. The fraction of sp³-hybridized carbons (Fsp3) is 0. The summed E-state index contributed by atoms with van der Waals surface area (Å²) in [6.45, 7) is 0. The minimum Gasteiger partial charge on any atom is -0.545 e. The number of nitrogens with one attached hydrogen (secondary N) is 2. The molecule has 1 aromatic carbocycles. The Balaban J connectivity index is 2.30. The second kappa shape index (κ2) is 5.51. The average Bonchev–Trinajstić information content (AvgIpc) is 2.51. The van der Waals surface area contributed by atoms with Crippen molar-refractivity contribution in [1.82, 2.24) is 9.97 Å². The summed E-state index contributed by atoms with van der Waals surface area (Å²) in [6, 6.07) is 6.45. The summed E-state index contributed by atoms with van der Waals surface area (Å²) < 4.78 is 0. The summed E-state index contributed by atoms with van der Waals surface area (Å²) in [6.07, 6.45) is 2.21. The van der Waals surface area contributed by atoms with E-state index in [4.69, 9.17) is 0 Å². The molecule has 24 heavy (non-hydrogen) atoms. The molecule has 0 radical (unpaired) electrons. The summed E-state index contributed by atoms with van der Waals surface area (Å²) in [7, 11) is 0. The van der Waals surface area contributed by atoms with Gasteiger partial charge in [-0.15, -0.1) is 0 Å². The van der Waals surface area contributed by atoms with Gasteiger partial charge >= 0.3 is 5.69 Å². The molecule has 0 atom stereocenters. The van der Waals surface area contributed by atoms with E-state index in [0.717, 1.165) is 6.08 Å². The maximum absolute atomic E-state index is 12.4. The van der Waals surface area contributed by atoms with Gasteiger partial charge in [0.15, 0.2) is 5.78 Å². The van der Waals surface area contributed by atoms with Gasteiger partial charge in [-0.05, 0) is 23.3 Å². The Morgan fingerprint density at radius 2 is 1.83 bits per heavy atom. The van der Waals surface area contributed by atoms with Crippen molar-refractivity contribution in [1.29, 1.82) is 0 Å². The molecule has 1 aliphatic carbocycles. The Morgan fingerprint density at radius 3 is 2.50 bits per heavy atom. The quantitative estimate of drug-likeness (QED) is 0.478. The number of carboxylic acids is 1. The van der Waals surface area contributed by atoms with Crippen molar-refractivity contribution in [2.45, 2.75) is 0 Å². The van der Waals surface area contributed by atoms with Crippen LogP contribution in [0.5, 0.6) is 5.88 Å². The Morgan fingerprint density at radius 1 is 1.12 bits per heavy atom. The molecule has 0 aliphatic heterocycles. The smallest absolute Gasteiger partial charge is 0.328 e. The topological polar surface area (TPSA) is 143 Å². The third kappa shape index (κ3) is 2.45. The van der Waals surface area contributed by atoms with Gasteiger partial charge in [-0.25, -0.2) is 4.79 Å². The van der Waals surface area contributed by atoms with Crippen LogP contribution in [0.1, 0.15) is 16.7 Å². The molecule has 3 N–H and O–H groups in total. The normalized spacial score (nSPS) is 15.1. The van der Waals surface area contributed by atoms with Gasteiger partial charge in [-0.3, -0.25) is 19.6 Å². The van der Waals surface area contributed by atoms with Crippen molar-refractivity contribution in [3.8, 4) is 5.88 Å². The fourth-order valence-corrected chi connectivity index (χ4v) is 2.41. The molecule has 0 spiro atoms. The van der Waals surface area contributed by atoms with E-state index in [9.17, 15) is 29.4 Å². The number of aromatic amines is 2. The van der Waals surface area contributed by atoms with E-state index >= 15 is 0 Å². The van der Waals surface area contributed by atoms with E-state index in [1.54, 1.807) is 24.3 Å². The fourth-order valence-electron chi connectivity index (χ4n) is 2.41. The molecule has 1 heterocycles. The first-order chi connectivity index (χ1) is 11.4. The van der Waals surface area contributed by atoms with E-state index < -0.39 is 34.5 Å². The van der Waals surface area contributed by atoms with Crippen molar-refractivity contribution in [2.75, 3.05) is 0 Å². The molecule has 0 amide bonds. The van der Waals surface area contributed by atoms with E-state index in [-0.39, 0.29) is 11.1 Å². The Bertz CT molecular complexity index is 1050. The van der Waals surface area contributed by atoms with Crippen LogP contribution in [0.3, 0.4) is 0 Å². The lowest BCUT2D eigenvalue weighted by Gasteiger charge is -2.19. The van der Waals surface area contributed by atoms with Crippen molar-refractivity contribution < 1.29 is 19.8 Å². The van der Waals surface area contributed by atoms with E-state index in [0.29, 0.717) is 11.1 Å². The highest BCUT2D eigenvalue weighted by atomic mass is 16.4. The van der Waals surface area contributed by atoms with Gasteiger partial charge in [0.25, 0.3) is 5.56 Å². The summed E-state index contributed by atoms with van der Waals surface area (Å²) >= 11 is 0. The molecule has 1 aromatic heterocycles. The standard InChI is InChI=1S/C16H10N2O6/c19-12-9(6-11-13(20)17-16(24)18-14(11)21)8-4-2-1-3-7(8)5-10(12)15(22)23/h1-6H,(H,22,23)(H3,17,18,20,21,24)/p-1/b9-6+. The van der Waals surface area contributed by atoms with Gasteiger partial charge in [0.1, 0.15) is 5.56 Å². The van der Waals surface area contributed by atoms with Crippen LogP contribution >= 0.6 is 0 Å². The molecular formula is C16H9N2O6-.